The second kappa shape index (κ2) is 4.90. The summed E-state index contributed by atoms with van der Waals surface area (Å²) >= 11 is 0. The minimum absolute atomic E-state index is 0.164. The number of rotatable bonds is 5. The van der Waals surface area contributed by atoms with Crippen LogP contribution < -0.4 is 5.32 Å². The molecule has 1 aromatic heterocycles. The maximum absolute atomic E-state index is 5.51. The topological polar surface area (TPSA) is 61.2 Å². The highest BCUT2D eigenvalue weighted by Crippen LogP contribution is 2.21. The number of aromatic nitrogens is 3. The van der Waals surface area contributed by atoms with Gasteiger partial charge in [0.25, 0.3) is 0 Å². The van der Waals surface area contributed by atoms with Crippen LogP contribution in [0.25, 0.3) is 0 Å². The van der Waals surface area contributed by atoms with Crippen molar-refractivity contribution in [3.05, 3.63) is 11.9 Å². The number of hydrogen-bond donors (Lipinski definition) is 1. The Labute approximate surface area is 94.9 Å². The average Bonchev–Trinajstić information content (AvgIpc) is 2.89. The standard InChI is InChI=1S/C10H18N4O2/c1-14-6-9(12-13-14)5-11-7-10(15-2)3-4-16-8-10/h6,11H,3-5,7-8H2,1-2H3. The molecule has 0 aliphatic carbocycles. The molecule has 2 heterocycles. The molecule has 0 aromatic carbocycles. The van der Waals surface area contributed by atoms with Crippen LogP contribution in [0.15, 0.2) is 6.20 Å². The summed E-state index contributed by atoms with van der Waals surface area (Å²) in [5.74, 6) is 0. The Morgan fingerprint density at radius 2 is 2.56 bits per heavy atom. The third kappa shape index (κ3) is 2.58. The Balaban J connectivity index is 1.78. The van der Waals surface area contributed by atoms with Crippen molar-refractivity contribution in [3.63, 3.8) is 0 Å². The molecule has 1 aromatic rings. The van der Waals surface area contributed by atoms with Gasteiger partial charge < -0.3 is 14.8 Å². The zero-order chi connectivity index (χ0) is 11.4. The van der Waals surface area contributed by atoms with E-state index in [0.717, 1.165) is 25.3 Å². The highest BCUT2D eigenvalue weighted by atomic mass is 16.5. The van der Waals surface area contributed by atoms with Gasteiger partial charge in [-0.15, -0.1) is 5.10 Å². The lowest BCUT2D eigenvalue weighted by Crippen LogP contribution is -2.42. The molecule has 1 atom stereocenters. The molecular formula is C10H18N4O2. The molecule has 6 nitrogen and oxygen atoms in total. The fourth-order valence-corrected chi connectivity index (χ4v) is 1.86. The molecule has 0 radical (unpaired) electrons. The first-order chi connectivity index (χ1) is 7.74. The second-order valence-corrected chi connectivity index (χ2v) is 4.18. The van der Waals surface area contributed by atoms with Gasteiger partial charge in [0.05, 0.1) is 12.3 Å². The molecular weight excluding hydrogens is 208 g/mol. The normalized spacial score (nSPS) is 25.1. The summed E-state index contributed by atoms with van der Waals surface area (Å²) in [5.41, 5.74) is 0.773. The van der Waals surface area contributed by atoms with Crippen molar-refractivity contribution in [2.24, 2.45) is 7.05 Å². The van der Waals surface area contributed by atoms with Gasteiger partial charge in [0, 0.05) is 46.5 Å². The molecule has 1 unspecified atom stereocenters. The van der Waals surface area contributed by atoms with E-state index in [-0.39, 0.29) is 5.60 Å². The van der Waals surface area contributed by atoms with E-state index >= 15 is 0 Å². The Kier molecular flexibility index (Phi) is 3.52. The lowest BCUT2D eigenvalue weighted by Gasteiger charge is -2.25. The number of aryl methyl sites for hydroxylation is 1. The average molecular weight is 226 g/mol. The number of nitrogens with one attached hydrogen (secondary N) is 1. The molecule has 6 heteroatoms. The molecule has 1 saturated heterocycles. The minimum atomic E-state index is -0.164. The van der Waals surface area contributed by atoms with Gasteiger partial charge in [0.15, 0.2) is 0 Å². The fraction of sp³-hybridized carbons (Fsp3) is 0.800. The molecule has 16 heavy (non-hydrogen) atoms. The molecule has 0 spiro atoms. The zero-order valence-corrected chi connectivity index (χ0v) is 9.77. The Morgan fingerprint density at radius 1 is 1.69 bits per heavy atom. The van der Waals surface area contributed by atoms with Crippen LogP contribution in [0.5, 0.6) is 0 Å². The quantitative estimate of drug-likeness (QED) is 0.747. The summed E-state index contributed by atoms with van der Waals surface area (Å²) in [6, 6.07) is 0. The van der Waals surface area contributed by atoms with Crippen LogP contribution in [0.4, 0.5) is 0 Å². The summed E-state index contributed by atoms with van der Waals surface area (Å²) in [4.78, 5) is 0. The molecule has 0 amide bonds. The van der Waals surface area contributed by atoms with Crippen LogP contribution in [0, 0.1) is 0 Å². The first kappa shape index (κ1) is 11.5. The fourth-order valence-electron chi connectivity index (χ4n) is 1.86. The molecule has 90 valence electrons. The van der Waals surface area contributed by atoms with Gasteiger partial charge in [0.2, 0.25) is 0 Å². The molecule has 0 bridgehead atoms. The number of methoxy groups -OCH3 is 1. The van der Waals surface area contributed by atoms with Gasteiger partial charge in [0.1, 0.15) is 5.60 Å². The summed E-state index contributed by atoms with van der Waals surface area (Å²) in [7, 11) is 3.59. The summed E-state index contributed by atoms with van der Waals surface area (Å²) in [5, 5.41) is 11.2. The van der Waals surface area contributed by atoms with Crippen molar-refractivity contribution in [1.29, 1.82) is 0 Å². The lowest BCUT2D eigenvalue weighted by atomic mass is 10.0. The van der Waals surface area contributed by atoms with Crippen molar-refractivity contribution in [2.45, 2.75) is 18.6 Å². The maximum atomic E-state index is 5.51. The van der Waals surface area contributed by atoms with Gasteiger partial charge >= 0.3 is 0 Å². The van der Waals surface area contributed by atoms with E-state index in [0.29, 0.717) is 13.2 Å². The molecule has 2 rings (SSSR count). The van der Waals surface area contributed by atoms with Crippen molar-refractivity contribution in [1.82, 2.24) is 20.3 Å². The van der Waals surface area contributed by atoms with Crippen LogP contribution in [-0.4, -0.2) is 47.5 Å². The van der Waals surface area contributed by atoms with E-state index in [1.54, 1.807) is 11.8 Å². The van der Waals surface area contributed by atoms with Gasteiger partial charge in [-0.2, -0.15) is 0 Å². The molecule has 0 saturated carbocycles. The van der Waals surface area contributed by atoms with Crippen molar-refractivity contribution < 1.29 is 9.47 Å². The smallest absolute Gasteiger partial charge is 0.106 e. The zero-order valence-electron chi connectivity index (χ0n) is 9.77. The predicted octanol–water partition coefficient (Wildman–Crippen LogP) is -0.290. The van der Waals surface area contributed by atoms with Crippen LogP contribution in [0.2, 0.25) is 0 Å². The van der Waals surface area contributed by atoms with Gasteiger partial charge in [-0.25, -0.2) is 0 Å². The van der Waals surface area contributed by atoms with E-state index in [4.69, 9.17) is 9.47 Å². The molecule has 1 aliphatic rings. The van der Waals surface area contributed by atoms with Crippen LogP contribution in [-0.2, 0) is 23.1 Å². The summed E-state index contributed by atoms with van der Waals surface area (Å²) in [6.45, 7) is 2.93. The van der Waals surface area contributed by atoms with Gasteiger partial charge in [-0.1, -0.05) is 5.21 Å². The maximum Gasteiger partial charge on any atom is 0.106 e. The van der Waals surface area contributed by atoms with Crippen molar-refractivity contribution in [2.75, 3.05) is 26.9 Å². The lowest BCUT2D eigenvalue weighted by molar-refractivity contribution is -0.0159. The molecule has 1 fully saturated rings. The monoisotopic (exact) mass is 226 g/mol. The van der Waals surface area contributed by atoms with Gasteiger partial charge in [-0.05, 0) is 0 Å². The van der Waals surface area contributed by atoms with E-state index < -0.39 is 0 Å². The van der Waals surface area contributed by atoms with Crippen molar-refractivity contribution in [3.8, 4) is 0 Å². The SMILES string of the molecule is COC1(CNCc2cn(C)nn2)CCOC1. The molecule has 1 aliphatic heterocycles. The highest BCUT2D eigenvalue weighted by molar-refractivity contribution is 4.93. The number of nitrogens with zero attached hydrogens (tertiary/aromatic N) is 3. The Hall–Kier alpha value is -0.980. The van der Waals surface area contributed by atoms with E-state index in [9.17, 15) is 0 Å². The Morgan fingerprint density at radius 3 is 3.12 bits per heavy atom. The largest absolute Gasteiger partial charge is 0.378 e. The van der Waals surface area contributed by atoms with Crippen LogP contribution >= 0.6 is 0 Å². The first-order valence-electron chi connectivity index (χ1n) is 5.43. The summed E-state index contributed by atoms with van der Waals surface area (Å²) in [6.07, 6.45) is 2.84. The third-order valence-electron chi connectivity index (χ3n) is 2.90. The van der Waals surface area contributed by atoms with E-state index in [1.807, 2.05) is 13.2 Å². The third-order valence-corrected chi connectivity index (χ3v) is 2.90. The predicted molar refractivity (Wildman–Crippen MR) is 57.9 cm³/mol. The van der Waals surface area contributed by atoms with E-state index in [2.05, 4.69) is 15.6 Å². The minimum Gasteiger partial charge on any atom is -0.378 e. The second-order valence-electron chi connectivity index (χ2n) is 4.18. The highest BCUT2D eigenvalue weighted by Gasteiger charge is 2.34. The van der Waals surface area contributed by atoms with E-state index in [1.165, 1.54) is 0 Å². The number of hydrogen-bond acceptors (Lipinski definition) is 5. The Bertz CT molecular complexity index is 333. The van der Waals surface area contributed by atoms with Crippen LogP contribution in [0.3, 0.4) is 0 Å². The van der Waals surface area contributed by atoms with Crippen LogP contribution in [0.1, 0.15) is 12.1 Å². The van der Waals surface area contributed by atoms with Crippen molar-refractivity contribution >= 4 is 0 Å². The van der Waals surface area contributed by atoms with Gasteiger partial charge in [-0.3, -0.25) is 4.68 Å². The summed E-state index contributed by atoms with van der Waals surface area (Å²) < 4.78 is 12.6. The number of ether oxygens (including phenoxy) is 2. The first-order valence-corrected chi connectivity index (χ1v) is 5.43. The molecule has 1 N–H and O–H groups in total.